The van der Waals surface area contributed by atoms with E-state index in [-0.39, 0.29) is 0 Å². The number of fused-ring (bicyclic) bond motifs is 1. The van der Waals surface area contributed by atoms with Crippen LogP contribution in [0.4, 0.5) is 16.2 Å². The van der Waals surface area contributed by atoms with Crippen LogP contribution in [0.3, 0.4) is 0 Å². The van der Waals surface area contributed by atoms with Gasteiger partial charge in [0.2, 0.25) is 5.95 Å². The van der Waals surface area contributed by atoms with Gasteiger partial charge in [-0.25, -0.2) is 24.3 Å². The molecular weight excluding hydrogens is 285 g/mol. The zero-order chi connectivity index (χ0) is 14.9. The third kappa shape index (κ3) is 2.22. The summed E-state index contributed by atoms with van der Waals surface area (Å²) in [6, 6.07) is 0. The van der Waals surface area contributed by atoms with E-state index >= 15 is 0 Å². The highest BCUT2D eigenvalue weighted by molar-refractivity contribution is 5.64. The average molecular weight is 299 g/mol. The van der Waals surface area contributed by atoms with Crippen LogP contribution in [0, 0.1) is 5.82 Å². The van der Waals surface area contributed by atoms with Gasteiger partial charge in [0.1, 0.15) is 0 Å². The van der Waals surface area contributed by atoms with Crippen LogP contribution in [-0.2, 0) is 0 Å². The normalized spacial score (nSPS) is 15.5. The van der Waals surface area contributed by atoms with Crippen LogP contribution in [0.1, 0.15) is 0 Å². The molecule has 0 radical (unpaired) electrons. The van der Waals surface area contributed by atoms with Crippen LogP contribution in [0.25, 0.3) is 5.65 Å². The maximum atomic E-state index is 12.9. The largest absolute Gasteiger partial charge is 0.350 e. The minimum atomic E-state index is -0.419. The molecule has 1 fully saturated rings. The number of aromatic nitrogens is 5. The van der Waals surface area contributed by atoms with Gasteiger partial charge in [0.25, 0.3) is 0 Å². The monoisotopic (exact) mass is 299 g/mol. The summed E-state index contributed by atoms with van der Waals surface area (Å²) < 4.78 is 14.8. The average Bonchev–Trinajstić information content (AvgIpc) is 3.04. The van der Waals surface area contributed by atoms with E-state index in [9.17, 15) is 4.39 Å². The molecule has 0 spiro atoms. The van der Waals surface area contributed by atoms with Gasteiger partial charge >= 0.3 is 0 Å². The second-order valence-corrected chi connectivity index (χ2v) is 5.08. The SMILES string of the molecule is Fc1cnc(N2CCN(c3nccn4ccnc34)CC2)nc1. The zero-order valence-corrected chi connectivity index (χ0v) is 11.8. The fourth-order valence-electron chi connectivity index (χ4n) is 2.65. The molecule has 0 unspecified atom stereocenters. The molecule has 0 atom stereocenters. The van der Waals surface area contributed by atoms with Gasteiger partial charge < -0.3 is 14.2 Å². The summed E-state index contributed by atoms with van der Waals surface area (Å²) in [7, 11) is 0. The quantitative estimate of drug-likeness (QED) is 0.703. The van der Waals surface area contributed by atoms with Crippen molar-refractivity contribution in [3.63, 3.8) is 0 Å². The molecule has 0 N–H and O–H groups in total. The van der Waals surface area contributed by atoms with Crippen molar-refractivity contribution in [2.45, 2.75) is 0 Å². The topological polar surface area (TPSA) is 62.5 Å². The maximum absolute atomic E-state index is 12.9. The number of piperazine rings is 1. The van der Waals surface area contributed by atoms with Crippen molar-refractivity contribution < 1.29 is 4.39 Å². The van der Waals surface area contributed by atoms with E-state index in [0.29, 0.717) is 5.95 Å². The lowest BCUT2D eigenvalue weighted by molar-refractivity contribution is 0.601. The van der Waals surface area contributed by atoms with E-state index in [2.05, 4.69) is 24.8 Å². The van der Waals surface area contributed by atoms with Gasteiger partial charge in [0.15, 0.2) is 17.3 Å². The van der Waals surface area contributed by atoms with Gasteiger partial charge in [-0.15, -0.1) is 0 Å². The number of halogens is 1. The van der Waals surface area contributed by atoms with E-state index < -0.39 is 5.82 Å². The summed E-state index contributed by atoms with van der Waals surface area (Å²) in [6.45, 7) is 3.10. The molecule has 4 rings (SSSR count). The van der Waals surface area contributed by atoms with E-state index in [1.807, 2.05) is 21.7 Å². The molecule has 0 aliphatic carbocycles. The molecule has 1 aliphatic heterocycles. The molecule has 3 aromatic heterocycles. The van der Waals surface area contributed by atoms with Crippen LogP contribution < -0.4 is 9.80 Å². The van der Waals surface area contributed by atoms with E-state index in [4.69, 9.17) is 0 Å². The van der Waals surface area contributed by atoms with Gasteiger partial charge in [-0.2, -0.15) is 0 Å². The third-order valence-electron chi connectivity index (χ3n) is 3.76. The van der Waals surface area contributed by atoms with E-state index in [1.165, 1.54) is 12.4 Å². The van der Waals surface area contributed by atoms with Gasteiger partial charge in [-0.1, -0.05) is 0 Å². The first-order valence-electron chi connectivity index (χ1n) is 7.06. The first-order valence-corrected chi connectivity index (χ1v) is 7.06. The fraction of sp³-hybridized carbons (Fsp3) is 0.286. The number of rotatable bonds is 2. The molecule has 0 amide bonds. The number of imidazole rings is 1. The Bertz CT molecular complexity index is 777. The minimum Gasteiger partial charge on any atom is -0.350 e. The molecule has 1 saturated heterocycles. The van der Waals surface area contributed by atoms with Crippen LogP contribution in [0.5, 0.6) is 0 Å². The van der Waals surface area contributed by atoms with Crippen LogP contribution in [0.2, 0.25) is 0 Å². The predicted octanol–water partition coefficient (Wildman–Crippen LogP) is 0.985. The second kappa shape index (κ2) is 5.21. The molecule has 22 heavy (non-hydrogen) atoms. The lowest BCUT2D eigenvalue weighted by Gasteiger charge is -2.35. The summed E-state index contributed by atoms with van der Waals surface area (Å²) >= 11 is 0. The van der Waals surface area contributed by atoms with Gasteiger partial charge in [-0.05, 0) is 0 Å². The Morgan fingerprint density at radius 3 is 2.18 bits per heavy atom. The Labute approximate surface area is 126 Å². The first-order chi connectivity index (χ1) is 10.8. The number of nitrogens with zero attached hydrogens (tertiary/aromatic N) is 7. The highest BCUT2D eigenvalue weighted by Gasteiger charge is 2.21. The number of hydrogen-bond donors (Lipinski definition) is 0. The van der Waals surface area contributed by atoms with Crippen molar-refractivity contribution in [1.29, 1.82) is 0 Å². The van der Waals surface area contributed by atoms with Gasteiger partial charge in [0, 0.05) is 51.0 Å². The van der Waals surface area contributed by atoms with Crippen molar-refractivity contribution in [2.75, 3.05) is 36.0 Å². The molecule has 4 heterocycles. The Kier molecular flexibility index (Phi) is 3.06. The molecule has 0 bridgehead atoms. The van der Waals surface area contributed by atoms with Gasteiger partial charge in [-0.3, -0.25) is 0 Å². The molecule has 7 nitrogen and oxygen atoms in total. The van der Waals surface area contributed by atoms with Crippen molar-refractivity contribution in [3.8, 4) is 0 Å². The standard InChI is InChI=1S/C14H14FN7/c15-11-9-18-14(19-10-11)22-7-5-21(6-8-22)13-12-16-1-3-20(12)4-2-17-13/h1-4,9-10H,5-8H2. The Morgan fingerprint density at radius 1 is 0.818 bits per heavy atom. The smallest absolute Gasteiger partial charge is 0.225 e. The Balaban J connectivity index is 1.52. The molecule has 0 saturated carbocycles. The van der Waals surface area contributed by atoms with Crippen LogP contribution in [0.15, 0.2) is 37.2 Å². The zero-order valence-electron chi connectivity index (χ0n) is 11.8. The Hall–Kier alpha value is -2.77. The number of hydrogen-bond acceptors (Lipinski definition) is 6. The molecule has 112 valence electrons. The first kappa shape index (κ1) is 12.9. The van der Waals surface area contributed by atoms with Crippen LogP contribution >= 0.6 is 0 Å². The molecule has 8 heteroatoms. The van der Waals surface area contributed by atoms with Crippen molar-refractivity contribution in [2.24, 2.45) is 0 Å². The van der Waals surface area contributed by atoms with Gasteiger partial charge in [0.05, 0.1) is 12.4 Å². The lowest BCUT2D eigenvalue weighted by atomic mass is 10.3. The van der Waals surface area contributed by atoms with Crippen molar-refractivity contribution in [3.05, 3.63) is 43.0 Å². The maximum Gasteiger partial charge on any atom is 0.225 e. The summed E-state index contributed by atoms with van der Waals surface area (Å²) in [5.74, 6) is 1.03. The molecule has 0 aromatic carbocycles. The van der Waals surface area contributed by atoms with Crippen molar-refractivity contribution in [1.82, 2.24) is 24.3 Å². The van der Waals surface area contributed by atoms with E-state index in [1.54, 1.807) is 12.4 Å². The number of anilines is 2. The lowest BCUT2D eigenvalue weighted by Crippen LogP contribution is -2.47. The van der Waals surface area contributed by atoms with E-state index in [0.717, 1.165) is 37.6 Å². The minimum absolute atomic E-state index is 0.419. The molecule has 1 aliphatic rings. The van der Waals surface area contributed by atoms with Crippen LogP contribution in [-0.4, -0.2) is 50.5 Å². The summed E-state index contributed by atoms with van der Waals surface area (Å²) in [5.41, 5.74) is 0.856. The Morgan fingerprint density at radius 2 is 1.45 bits per heavy atom. The fourth-order valence-corrected chi connectivity index (χ4v) is 2.65. The third-order valence-corrected chi connectivity index (χ3v) is 3.76. The molecule has 3 aromatic rings. The summed E-state index contributed by atoms with van der Waals surface area (Å²) in [4.78, 5) is 21.1. The predicted molar refractivity (Wildman–Crippen MR) is 79.4 cm³/mol. The highest BCUT2D eigenvalue weighted by Crippen LogP contribution is 2.19. The molecular formula is C14H14FN7. The van der Waals surface area contributed by atoms with Crippen molar-refractivity contribution >= 4 is 17.4 Å². The summed E-state index contributed by atoms with van der Waals surface area (Å²) in [5, 5.41) is 0. The summed E-state index contributed by atoms with van der Waals surface area (Å²) in [6.07, 6.45) is 9.73. The second-order valence-electron chi connectivity index (χ2n) is 5.08. The highest BCUT2D eigenvalue weighted by atomic mass is 19.1.